The van der Waals surface area contributed by atoms with Gasteiger partial charge in [0.05, 0.1) is 38.6 Å². The maximum absolute atomic E-state index is 13.5. The molecule has 0 saturated carbocycles. The van der Waals surface area contributed by atoms with E-state index in [-0.39, 0.29) is 18.9 Å². The Morgan fingerprint density at radius 3 is 1.04 bits per heavy atom. The van der Waals surface area contributed by atoms with E-state index >= 15 is 0 Å². The number of unbranched alkanes of at least 4 members (excludes halogenated alkanes) is 36. The predicted octanol–water partition coefficient (Wildman–Crippen LogP) is 14.6. The van der Waals surface area contributed by atoms with Crippen molar-refractivity contribution in [1.29, 1.82) is 0 Å². The number of allylic oxidation sites excluding steroid dienone is 14. The molecule has 0 aromatic heterocycles. The molecule has 0 bridgehead atoms. The van der Waals surface area contributed by atoms with Gasteiger partial charge in [-0.05, 0) is 70.6 Å². The topological polar surface area (TPSA) is 307 Å². The molecule has 1 amide bonds. The fourth-order valence-electron chi connectivity index (χ4n) is 13.8. The number of nitrogens with one attached hydrogen (secondary N) is 1. The number of amides is 1. The first-order valence-corrected chi connectivity index (χ1v) is 41.8. The number of hydrogen-bond acceptors (Lipinski definition) is 18. The van der Waals surface area contributed by atoms with E-state index in [0.29, 0.717) is 12.8 Å². The van der Waals surface area contributed by atoms with E-state index in [0.717, 1.165) is 89.9 Å². The van der Waals surface area contributed by atoms with E-state index in [4.69, 9.17) is 28.4 Å². The van der Waals surface area contributed by atoms with Crippen molar-refractivity contribution in [3.05, 3.63) is 85.1 Å². The third-order valence-corrected chi connectivity index (χ3v) is 20.5. The van der Waals surface area contributed by atoms with Crippen LogP contribution in [0.1, 0.15) is 316 Å². The second kappa shape index (κ2) is 64.8. The molecular formula is C85H151NO18. The van der Waals surface area contributed by atoms with Gasteiger partial charge in [-0.2, -0.15) is 0 Å². The third kappa shape index (κ3) is 44.0. The van der Waals surface area contributed by atoms with Gasteiger partial charge in [0.2, 0.25) is 5.91 Å². The Labute approximate surface area is 629 Å². The van der Waals surface area contributed by atoms with Crippen LogP contribution in [0.5, 0.6) is 0 Å². The minimum absolute atomic E-state index is 0.240. The van der Waals surface area contributed by atoms with Crippen molar-refractivity contribution in [2.45, 2.75) is 420 Å². The molecule has 19 heteroatoms. The van der Waals surface area contributed by atoms with Crippen LogP contribution in [-0.4, -0.2) is 193 Å². The second-order valence-electron chi connectivity index (χ2n) is 29.6. The molecule has 104 heavy (non-hydrogen) atoms. The fourth-order valence-corrected chi connectivity index (χ4v) is 13.8. The Bertz CT molecular complexity index is 2210. The lowest BCUT2D eigenvalue weighted by atomic mass is 9.96. The summed E-state index contributed by atoms with van der Waals surface area (Å²) in [6, 6.07) is -0.890. The van der Waals surface area contributed by atoms with Crippen molar-refractivity contribution in [2.24, 2.45) is 0 Å². The minimum atomic E-state index is -1.97. The molecule has 0 aromatic rings. The molecule has 3 saturated heterocycles. The van der Waals surface area contributed by atoms with E-state index in [1.54, 1.807) is 0 Å². The molecule has 17 unspecified atom stereocenters. The monoisotopic (exact) mass is 1470 g/mol. The Balaban J connectivity index is 1.29. The summed E-state index contributed by atoms with van der Waals surface area (Å²) in [6.45, 7) is 1.72. The number of aliphatic hydroxyl groups is 11. The molecule has 3 heterocycles. The van der Waals surface area contributed by atoms with E-state index in [1.165, 1.54) is 193 Å². The quantitative estimate of drug-likeness (QED) is 0.0199. The second-order valence-corrected chi connectivity index (χ2v) is 29.6. The summed E-state index contributed by atoms with van der Waals surface area (Å²) < 4.78 is 34.5. The average Bonchev–Trinajstić information content (AvgIpc) is 0.783. The van der Waals surface area contributed by atoms with E-state index in [9.17, 15) is 61.0 Å². The summed E-state index contributed by atoms with van der Waals surface area (Å²) in [6.07, 6.45) is 59.7. The summed E-state index contributed by atoms with van der Waals surface area (Å²) in [5.74, 6) is -0.240. The third-order valence-electron chi connectivity index (χ3n) is 20.5. The smallest absolute Gasteiger partial charge is 0.220 e. The van der Waals surface area contributed by atoms with Gasteiger partial charge in [0, 0.05) is 6.42 Å². The molecule has 0 aliphatic carbocycles. The van der Waals surface area contributed by atoms with E-state index in [1.807, 2.05) is 0 Å². The van der Waals surface area contributed by atoms with Gasteiger partial charge in [-0.25, -0.2) is 0 Å². The summed E-state index contributed by atoms with van der Waals surface area (Å²) in [5, 5.41) is 121. The molecule has 3 rings (SSSR count). The lowest BCUT2D eigenvalue weighted by Gasteiger charge is -2.48. The van der Waals surface area contributed by atoms with E-state index < -0.39 is 124 Å². The highest BCUT2D eigenvalue weighted by Gasteiger charge is 2.54. The van der Waals surface area contributed by atoms with Crippen LogP contribution in [0.2, 0.25) is 0 Å². The minimum Gasteiger partial charge on any atom is -0.394 e. The Kier molecular flexibility index (Phi) is 59.3. The highest BCUT2D eigenvalue weighted by molar-refractivity contribution is 5.76. The van der Waals surface area contributed by atoms with Crippen LogP contribution >= 0.6 is 0 Å². The lowest BCUT2D eigenvalue weighted by molar-refractivity contribution is -0.379. The first-order chi connectivity index (χ1) is 50.8. The zero-order valence-electron chi connectivity index (χ0n) is 64.7. The van der Waals surface area contributed by atoms with Gasteiger partial charge in [-0.1, -0.05) is 324 Å². The summed E-state index contributed by atoms with van der Waals surface area (Å²) in [7, 11) is 0. The number of ether oxygens (including phenoxy) is 6. The summed E-state index contributed by atoms with van der Waals surface area (Å²) >= 11 is 0. The van der Waals surface area contributed by atoms with Crippen molar-refractivity contribution in [3.63, 3.8) is 0 Å². The number of rotatable bonds is 66. The molecule has 3 fully saturated rings. The first kappa shape index (κ1) is 95.2. The number of carbonyl (C=O) groups is 1. The van der Waals surface area contributed by atoms with Crippen molar-refractivity contribution >= 4 is 5.91 Å². The molecular weight excluding hydrogens is 1320 g/mol. The molecule has 12 N–H and O–H groups in total. The summed E-state index contributed by atoms with van der Waals surface area (Å²) in [5.41, 5.74) is 0. The molecule has 0 spiro atoms. The highest BCUT2D eigenvalue weighted by atomic mass is 16.8. The van der Waals surface area contributed by atoms with Gasteiger partial charge in [0.15, 0.2) is 18.9 Å². The van der Waals surface area contributed by atoms with Gasteiger partial charge in [-0.3, -0.25) is 4.79 Å². The number of aliphatic hydroxyl groups excluding tert-OH is 11. The first-order valence-electron chi connectivity index (χ1n) is 41.8. The van der Waals surface area contributed by atoms with Crippen molar-refractivity contribution < 1.29 is 89.4 Å². The van der Waals surface area contributed by atoms with Crippen LogP contribution < -0.4 is 5.32 Å². The highest BCUT2D eigenvalue weighted by Crippen LogP contribution is 2.33. The van der Waals surface area contributed by atoms with Crippen molar-refractivity contribution in [2.75, 3.05) is 26.4 Å². The summed E-state index contributed by atoms with van der Waals surface area (Å²) in [4.78, 5) is 13.5. The molecule has 604 valence electrons. The van der Waals surface area contributed by atoms with E-state index in [2.05, 4.69) is 104 Å². The SMILES string of the molecule is CC/C=C\C/C=C\C/C=C\C/C=C\C/C=C\C/C=C\C/C=C\CCCCCCCCCCCCCCCCCCCCCC(=O)NC(COC1OC(CO)C(OC2OC(CO)C(OC3OC(CO)C(O)C(O)C3O)C(O)C2O)C(O)C1O)C(O)CCCCCCCCCCCCCCCCCCCC. The molecule has 17 atom stereocenters. The molecule has 0 radical (unpaired) electrons. The van der Waals surface area contributed by atoms with Gasteiger partial charge in [0.1, 0.15) is 73.2 Å². The van der Waals surface area contributed by atoms with Crippen LogP contribution in [0.4, 0.5) is 0 Å². The van der Waals surface area contributed by atoms with Gasteiger partial charge < -0.3 is 89.9 Å². The predicted molar refractivity (Wildman–Crippen MR) is 415 cm³/mol. The number of hydrogen-bond donors (Lipinski definition) is 12. The molecule has 19 nitrogen and oxygen atoms in total. The Hall–Kier alpha value is -3.03. The van der Waals surface area contributed by atoms with Gasteiger partial charge in [-0.15, -0.1) is 0 Å². The normalized spacial score (nSPS) is 26.3. The fraction of sp³-hybridized carbons (Fsp3) is 0.824. The largest absolute Gasteiger partial charge is 0.394 e. The van der Waals surface area contributed by atoms with Gasteiger partial charge in [0.25, 0.3) is 0 Å². The lowest BCUT2D eigenvalue weighted by Crippen LogP contribution is -2.66. The van der Waals surface area contributed by atoms with Crippen LogP contribution in [0.3, 0.4) is 0 Å². The van der Waals surface area contributed by atoms with Crippen LogP contribution in [0, 0.1) is 0 Å². The maximum Gasteiger partial charge on any atom is 0.220 e. The maximum atomic E-state index is 13.5. The zero-order valence-corrected chi connectivity index (χ0v) is 64.7. The van der Waals surface area contributed by atoms with Crippen molar-refractivity contribution in [3.8, 4) is 0 Å². The number of carbonyl (C=O) groups excluding carboxylic acids is 1. The Morgan fingerprint density at radius 1 is 0.356 bits per heavy atom. The average molecular weight is 1480 g/mol. The molecule has 3 aliphatic rings. The standard InChI is InChI=1S/C85H151NO18/c1-3-5-7-9-11-13-15-17-19-21-23-24-25-26-27-28-29-30-31-32-33-34-35-36-37-38-39-40-41-42-43-44-45-47-49-51-53-55-57-59-61-63-73(91)86-68(69(90)62-60-58-56-54-52-50-48-46-22-20-18-16-14-12-10-8-6-4-2)67-99-83-79(97)76(94)81(71(65-88)101-83)104-85-80(98)77(95)82(72(66-89)102-85)103-84-78(96)75(93)74(92)70(64-87)100-84/h5,7,11,13,17,19,23-24,26-27,29-30,32-33,68-72,74-85,87-90,92-98H,3-4,6,8-10,12,14-16,18,20-22,25,28,31,34-67H2,1-2H3,(H,86,91)/b7-5-,13-11-,19-17-,24-23-,27-26-,30-29-,33-32-. The van der Waals surface area contributed by atoms with Crippen LogP contribution in [0.15, 0.2) is 85.1 Å². The molecule has 3 aliphatic heterocycles. The van der Waals surface area contributed by atoms with Crippen molar-refractivity contribution in [1.82, 2.24) is 5.32 Å². The van der Waals surface area contributed by atoms with Crippen LogP contribution in [0.25, 0.3) is 0 Å². The van der Waals surface area contributed by atoms with Gasteiger partial charge >= 0.3 is 0 Å². The van der Waals surface area contributed by atoms with Crippen LogP contribution in [-0.2, 0) is 33.2 Å². The zero-order chi connectivity index (χ0) is 75.3. The Morgan fingerprint density at radius 2 is 0.663 bits per heavy atom. The molecule has 0 aromatic carbocycles.